The molecule has 1 heterocycles. The molecule has 3 nitrogen and oxygen atoms in total. The molecule has 0 saturated carbocycles. The first-order valence-corrected chi connectivity index (χ1v) is 5.66. The van der Waals surface area contributed by atoms with E-state index >= 15 is 0 Å². The number of rotatable bonds is 3. The van der Waals surface area contributed by atoms with Gasteiger partial charge in [-0.05, 0) is 37.6 Å². The topological polar surface area (TPSA) is 42.2 Å². The standard InChI is InChI=1S/C14H14FNO2/c1-9-6-13(10(2)18-9)14(17)16-8-11-4-3-5-12(15)7-11/h3-7H,8H2,1-2H3,(H,16,17). The van der Waals surface area contributed by atoms with Crippen molar-refractivity contribution in [2.45, 2.75) is 20.4 Å². The third kappa shape index (κ3) is 2.77. The van der Waals surface area contributed by atoms with Gasteiger partial charge in [-0.15, -0.1) is 0 Å². The maximum Gasteiger partial charge on any atom is 0.255 e. The van der Waals surface area contributed by atoms with E-state index < -0.39 is 0 Å². The maximum absolute atomic E-state index is 13.0. The summed E-state index contributed by atoms with van der Waals surface area (Å²) >= 11 is 0. The van der Waals surface area contributed by atoms with Crippen LogP contribution >= 0.6 is 0 Å². The van der Waals surface area contributed by atoms with Crippen LogP contribution in [0, 0.1) is 19.7 Å². The van der Waals surface area contributed by atoms with E-state index in [9.17, 15) is 9.18 Å². The number of benzene rings is 1. The van der Waals surface area contributed by atoms with E-state index in [0.717, 1.165) is 5.56 Å². The predicted octanol–water partition coefficient (Wildman–Crippen LogP) is 2.97. The Hall–Kier alpha value is -2.10. The summed E-state index contributed by atoms with van der Waals surface area (Å²) in [6.45, 7) is 3.82. The van der Waals surface area contributed by atoms with Gasteiger partial charge in [0.1, 0.15) is 17.3 Å². The molecule has 0 bridgehead atoms. The first-order valence-electron chi connectivity index (χ1n) is 5.66. The summed E-state index contributed by atoms with van der Waals surface area (Å²) in [5.41, 5.74) is 1.24. The number of nitrogens with one attached hydrogen (secondary N) is 1. The molecule has 1 aromatic heterocycles. The molecule has 1 N–H and O–H groups in total. The van der Waals surface area contributed by atoms with Crippen molar-refractivity contribution >= 4 is 5.91 Å². The highest BCUT2D eigenvalue weighted by Gasteiger charge is 2.12. The number of amides is 1. The zero-order chi connectivity index (χ0) is 13.1. The molecule has 0 aliphatic rings. The maximum atomic E-state index is 13.0. The van der Waals surface area contributed by atoms with E-state index in [1.807, 2.05) is 0 Å². The van der Waals surface area contributed by atoms with Crippen LogP contribution in [0.4, 0.5) is 4.39 Å². The van der Waals surface area contributed by atoms with Crippen LogP contribution in [0.2, 0.25) is 0 Å². The molecule has 2 rings (SSSR count). The summed E-state index contributed by atoms with van der Waals surface area (Å²) in [4.78, 5) is 11.9. The third-order valence-corrected chi connectivity index (χ3v) is 2.63. The fourth-order valence-corrected chi connectivity index (χ4v) is 1.78. The fourth-order valence-electron chi connectivity index (χ4n) is 1.78. The van der Waals surface area contributed by atoms with Gasteiger partial charge in [0, 0.05) is 6.54 Å². The Morgan fingerprint density at radius 3 is 2.72 bits per heavy atom. The number of aryl methyl sites for hydroxylation is 2. The fraction of sp³-hybridized carbons (Fsp3) is 0.214. The SMILES string of the molecule is Cc1cc(C(=O)NCc2cccc(F)c2)c(C)o1. The summed E-state index contributed by atoms with van der Waals surface area (Å²) in [7, 11) is 0. The van der Waals surface area contributed by atoms with Crippen molar-refractivity contribution in [3.63, 3.8) is 0 Å². The molecular formula is C14H14FNO2. The highest BCUT2D eigenvalue weighted by Crippen LogP contribution is 2.13. The Bertz CT molecular complexity index is 575. The van der Waals surface area contributed by atoms with Gasteiger partial charge in [-0.2, -0.15) is 0 Å². The molecule has 18 heavy (non-hydrogen) atoms. The molecule has 0 saturated heterocycles. The number of halogens is 1. The highest BCUT2D eigenvalue weighted by molar-refractivity contribution is 5.95. The zero-order valence-electron chi connectivity index (χ0n) is 10.3. The summed E-state index contributed by atoms with van der Waals surface area (Å²) in [5.74, 6) is 0.762. The van der Waals surface area contributed by atoms with E-state index in [2.05, 4.69) is 5.32 Å². The minimum absolute atomic E-state index is 0.214. The van der Waals surface area contributed by atoms with Crippen LogP contribution in [-0.4, -0.2) is 5.91 Å². The molecule has 0 spiro atoms. The number of carbonyl (C=O) groups excluding carboxylic acids is 1. The van der Waals surface area contributed by atoms with Crippen molar-refractivity contribution in [3.05, 3.63) is 58.8 Å². The van der Waals surface area contributed by atoms with E-state index in [1.165, 1.54) is 12.1 Å². The molecule has 94 valence electrons. The number of furan rings is 1. The van der Waals surface area contributed by atoms with Crippen LogP contribution in [-0.2, 0) is 6.54 Å². The molecule has 1 amide bonds. The smallest absolute Gasteiger partial charge is 0.255 e. The minimum atomic E-state index is -0.308. The van der Waals surface area contributed by atoms with Crippen molar-refractivity contribution in [3.8, 4) is 0 Å². The monoisotopic (exact) mass is 247 g/mol. The quantitative estimate of drug-likeness (QED) is 0.906. The van der Waals surface area contributed by atoms with Crippen LogP contribution in [0.25, 0.3) is 0 Å². The zero-order valence-corrected chi connectivity index (χ0v) is 10.3. The average Bonchev–Trinajstić information content (AvgIpc) is 2.66. The molecule has 0 radical (unpaired) electrons. The van der Waals surface area contributed by atoms with Crippen LogP contribution in [0.15, 0.2) is 34.7 Å². The first-order chi connectivity index (χ1) is 8.56. The Balaban J connectivity index is 2.03. The van der Waals surface area contributed by atoms with Crippen molar-refractivity contribution in [2.75, 3.05) is 0 Å². The number of hydrogen-bond donors (Lipinski definition) is 1. The highest BCUT2D eigenvalue weighted by atomic mass is 19.1. The van der Waals surface area contributed by atoms with E-state index in [-0.39, 0.29) is 11.7 Å². The van der Waals surface area contributed by atoms with E-state index in [4.69, 9.17) is 4.42 Å². The molecule has 0 atom stereocenters. The molecule has 0 aliphatic carbocycles. The van der Waals surface area contributed by atoms with Crippen molar-refractivity contribution in [1.29, 1.82) is 0 Å². The Morgan fingerprint density at radius 2 is 2.11 bits per heavy atom. The Labute approximate surface area is 105 Å². The molecule has 0 fully saturated rings. The lowest BCUT2D eigenvalue weighted by Gasteiger charge is -2.04. The predicted molar refractivity (Wildman–Crippen MR) is 65.8 cm³/mol. The summed E-state index contributed by atoms with van der Waals surface area (Å²) < 4.78 is 18.2. The number of hydrogen-bond acceptors (Lipinski definition) is 2. The van der Waals surface area contributed by atoms with Crippen LogP contribution in [0.1, 0.15) is 27.4 Å². The largest absolute Gasteiger partial charge is 0.466 e. The molecule has 1 aromatic carbocycles. The van der Waals surface area contributed by atoms with Crippen molar-refractivity contribution in [2.24, 2.45) is 0 Å². The molecule has 0 unspecified atom stereocenters. The molecular weight excluding hydrogens is 233 g/mol. The Morgan fingerprint density at radius 1 is 1.33 bits per heavy atom. The van der Waals surface area contributed by atoms with Gasteiger partial charge in [0.15, 0.2) is 0 Å². The van der Waals surface area contributed by atoms with Crippen LogP contribution < -0.4 is 5.32 Å². The second-order valence-electron chi connectivity index (χ2n) is 4.14. The minimum Gasteiger partial charge on any atom is -0.466 e. The molecule has 0 aliphatic heterocycles. The van der Waals surface area contributed by atoms with Gasteiger partial charge in [-0.25, -0.2) is 4.39 Å². The first kappa shape index (κ1) is 12.4. The normalized spacial score (nSPS) is 10.4. The second-order valence-corrected chi connectivity index (χ2v) is 4.14. The van der Waals surface area contributed by atoms with Gasteiger partial charge < -0.3 is 9.73 Å². The van der Waals surface area contributed by atoms with Gasteiger partial charge in [0.25, 0.3) is 5.91 Å². The van der Waals surface area contributed by atoms with Gasteiger partial charge in [-0.3, -0.25) is 4.79 Å². The molecule has 4 heteroatoms. The van der Waals surface area contributed by atoms with Crippen LogP contribution in [0.5, 0.6) is 0 Å². The van der Waals surface area contributed by atoms with Gasteiger partial charge in [-0.1, -0.05) is 12.1 Å². The number of carbonyl (C=O) groups is 1. The lowest BCUT2D eigenvalue weighted by molar-refractivity contribution is 0.0949. The lowest BCUT2D eigenvalue weighted by Crippen LogP contribution is -2.23. The van der Waals surface area contributed by atoms with Crippen LogP contribution in [0.3, 0.4) is 0 Å². The Kier molecular flexibility index (Phi) is 3.46. The average molecular weight is 247 g/mol. The summed E-state index contributed by atoms with van der Waals surface area (Å²) in [5, 5.41) is 2.73. The van der Waals surface area contributed by atoms with E-state index in [0.29, 0.717) is 23.6 Å². The summed E-state index contributed by atoms with van der Waals surface area (Å²) in [6, 6.07) is 7.83. The van der Waals surface area contributed by atoms with Gasteiger partial charge in [0.05, 0.1) is 5.56 Å². The summed E-state index contributed by atoms with van der Waals surface area (Å²) in [6.07, 6.45) is 0. The third-order valence-electron chi connectivity index (χ3n) is 2.63. The van der Waals surface area contributed by atoms with Crippen molar-refractivity contribution in [1.82, 2.24) is 5.32 Å². The van der Waals surface area contributed by atoms with E-state index in [1.54, 1.807) is 32.0 Å². The van der Waals surface area contributed by atoms with Gasteiger partial charge in [0.2, 0.25) is 0 Å². The van der Waals surface area contributed by atoms with Gasteiger partial charge >= 0.3 is 0 Å². The lowest BCUT2D eigenvalue weighted by atomic mass is 10.2. The second kappa shape index (κ2) is 5.04. The molecule has 2 aromatic rings. The van der Waals surface area contributed by atoms with Crippen molar-refractivity contribution < 1.29 is 13.6 Å².